The number of carbonyl (C=O) groups excluding carboxylic acids is 2. The number of rotatable bonds is 4. The van der Waals surface area contributed by atoms with Gasteiger partial charge in [-0.05, 0) is 32.9 Å². The molecule has 154 valence electrons. The first-order valence-corrected chi connectivity index (χ1v) is 9.05. The number of ether oxygens (including phenoxy) is 6. The van der Waals surface area contributed by atoms with E-state index in [1.807, 2.05) is 0 Å². The average molecular weight is 396 g/mol. The molecule has 9 heteroatoms. The van der Waals surface area contributed by atoms with Crippen LogP contribution < -0.4 is 0 Å². The normalized spacial score (nSPS) is 31.4. The summed E-state index contributed by atoms with van der Waals surface area (Å²) in [7, 11) is 0. The van der Waals surface area contributed by atoms with Crippen LogP contribution in [0, 0.1) is 0 Å². The van der Waals surface area contributed by atoms with Gasteiger partial charge in [0.2, 0.25) is 6.29 Å². The minimum atomic E-state index is -1.48. The van der Waals surface area contributed by atoms with Crippen LogP contribution in [0.25, 0.3) is 0 Å². The van der Waals surface area contributed by atoms with Gasteiger partial charge in [-0.2, -0.15) is 0 Å². The fourth-order valence-electron chi connectivity index (χ4n) is 3.06. The van der Waals surface area contributed by atoms with Gasteiger partial charge < -0.3 is 33.5 Å². The molecule has 2 aliphatic rings. The first-order chi connectivity index (χ1) is 13.3. The zero-order valence-electron chi connectivity index (χ0n) is 15.9. The number of aliphatic hydroxyl groups is 1. The first-order valence-electron chi connectivity index (χ1n) is 9.05. The first kappa shape index (κ1) is 20.5. The highest BCUT2D eigenvalue weighted by Crippen LogP contribution is 2.34. The van der Waals surface area contributed by atoms with Gasteiger partial charge in [-0.1, -0.05) is 18.2 Å². The van der Waals surface area contributed by atoms with Gasteiger partial charge in [-0.25, -0.2) is 9.59 Å². The van der Waals surface area contributed by atoms with Crippen molar-refractivity contribution < 1.29 is 43.1 Å². The van der Waals surface area contributed by atoms with E-state index in [4.69, 9.17) is 28.4 Å². The van der Waals surface area contributed by atoms with Gasteiger partial charge in [0.25, 0.3) is 0 Å². The average Bonchev–Trinajstić information content (AvgIpc) is 2.66. The summed E-state index contributed by atoms with van der Waals surface area (Å²) in [6.45, 7) is 5.22. The van der Waals surface area contributed by atoms with Gasteiger partial charge in [0.1, 0.15) is 12.2 Å². The third kappa shape index (κ3) is 4.61. The van der Waals surface area contributed by atoms with Crippen molar-refractivity contribution in [2.24, 2.45) is 0 Å². The van der Waals surface area contributed by atoms with Gasteiger partial charge in [-0.15, -0.1) is 0 Å². The second-order valence-electron chi connectivity index (χ2n) is 6.86. The van der Waals surface area contributed by atoms with Crippen LogP contribution in [0.3, 0.4) is 0 Å². The zero-order chi connectivity index (χ0) is 20.3. The maximum absolute atomic E-state index is 12.5. The molecule has 0 aliphatic carbocycles. The summed E-state index contributed by atoms with van der Waals surface area (Å²) in [5.74, 6) is -1.61. The molecule has 3 rings (SSSR count). The Morgan fingerprint density at radius 2 is 1.93 bits per heavy atom. The topological polar surface area (TPSA) is 110 Å². The number of hydrogen-bond donors (Lipinski definition) is 1. The molecule has 1 aromatic rings. The van der Waals surface area contributed by atoms with Gasteiger partial charge in [0.15, 0.2) is 18.0 Å². The third-order valence-electron chi connectivity index (χ3n) is 4.36. The van der Waals surface area contributed by atoms with Crippen molar-refractivity contribution in [1.29, 1.82) is 0 Å². The number of carbonyl (C=O) groups is 2. The Balaban J connectivity index is 1.80. The number of hydrogen-bond acceptors (Lipinski definition) is 9. The molecule has 0 unspecified atom stereocenters. The van der Waals surface area contributed by atoms with Crippen LogP contribution in [0.4, 0.5) is 4.79 Å². The van der Waals surface area contributed by atoms with Crippen molar-refractivity contribution in [3.8, 4) is 0 Å². The highest BCUT2D eigenvalue weighted by Gasteiger charge is 2.54. The van der Waals surface area contributed by atoms with Crippen LogP contribution in [0.15, 0.2) is 30.3 Å². The maximum Gasteiger partial charge on any atom is 0.510 e. The number of fused-ring (bicyclic) bond motifs is 1. The summed E-state index contributed by atoms with van der Waals surface area (Å²) in [6, 6.07) is 8.34. The Bertz CT molecular complexity index is 690. The maximum atomic E-state index is 12.5. The van der Waals surface area contributed by atoms with E-state index in [9.17, 15) is 14.7 Å². The Kier molecular flexibility index (Phi) is 6.19. The molecule has 2 saturated heterocycles. The van der Waals surface area contributed by atoms with Crippen LogP contribution in [0.5, 0.6) is 0 Å². The van der Waals surface area contributed by atoms with Crippen molar-refractivity contribution in [3.05, 3.63) is 35.9 Å². The van der Waals surface area contributed by atoms with E-state index >= 15 is 0 Å². The largest absolute Gasteiger partial charge is 0.510 e. The van der Waals surface area contributed by atoms with Crippen LogP contribution in [-0.2, 0) is 28.4 Å². The van der Waals surface area contributed by atoms with E-state index in [1.54, 1.807) is 51.1 Å². The zero-order valence-corrected chi connectivity index (χ0v) is 15.9. The lowest BCUT2D eigenvalue weighted by molar-refractivity contribution is -0.376. The molecule has 0 bridgehead atoms. The quantitative estimate of drug-likeness (QED) is 0.759. The fraction of sp³-hybridized carbons (Fsp3) is 0.579. The molecule has 0 saturated carbocycles. The van der Waals surface area contributed by atoms with Crippen LogP contribution in [0.1, 0.15) is 31.1 Å². The summed E-state index contributed by atoms with van der Waals surface area (Å²) in [5, 5.41) is 10.7. The minimum absolute atomic E-state index is 0.0978. The molecule has 0 spiro atoms. The van der Waals surface area contributed by atoms with E-state index in [1.165, 1.54) is 0 Å². The number of benzene rings is 1. The van der Waals surface area contributed by atoms with Crippen LogP contribution >= 0.6 is 0 Å². The molecular formula is C19H24O9. The second-order valence-corrected chi connectivity index (χ2v) is 6.86. The molecule has 0 aromatic heterocycles. The molecule has 2 fully saturated rings. The monoisotopic (exact) mass is 396 g/mol. The van der Waals surface area contributed by atoms with E-state index in [-0.39, 0.29) is 13.2 Å². The predicted octanol–water partition coefficient (Wildman–Crippen LogP) is 1.62. The molecule has 0 radical (unpaired) electrons. The lowest BCUT2D eigenvalue weighted by Crippen LogP contribution is -2.65. The molecule has 2 heterocycles. The summed E-state index contributed by atoms with van der Waals surface area (Å²) in [6.07, 6.45) is -6.56. The number of esters is 1. The lowest BCUT2D eigenvalue weighted by atomic mass is 9.97. The van der Waals surface area contributed by atoms with Gasteiger partial charge in [-0.3, -0.25) is 0 Å². The summed E-state index contributed by atoms with van der Waals surface area (Å²) < 4.78 is 32.3. The Hall–Kier alpha value is -2.20. The molecule has 0 amide bonds. The standard InChI is InChI=1S/C19H24O9/c1-4-23-18(22)27-17-13(20)15(26-16(21)11-8-6-5-7-9-11)14-12(25-17)10-24-19(2,3)28-14/h5-9,12-15,17,20H,4,10H2,1-3H3/t12-,13-,14-,15-,17+/m1/s1. The molecule has 1 N–H and O–H groups in total. The van der Waals surface area contributed by atoms with Crippen LogP contribution in [0.2, 0.25) is 0 Å². The van der Waals surface area contributed by atoms with Crippen molar-refractivity contribution in [1.82, 2.24) is 0 Å². The van der Waals surface area contributed by atoms with E-state index in [0.29, 0.717) is 5.56 Å². The van der Waals surface area contributed by atoms with Crippen molar-refractivity contribution >= 4 is 12.1 Å². The Labute approximate surface area is 162 Å². The Morgan fingerprint density at radius 1 is 1.21 bits per heavy atom. The predicted molar refractivity (Wildman–Crippen MR) is 93.3 cm³/mol. The van der Waals surface area contributed by atoms with Crippen molar-refractivity contribution in [3.63, 3.8) is 0 Å². The van der Waals surface area contributed by atoms with Gasteiger partial charge >= 0.3 is 12.1 Å². The van der Waals surface area contributed by atoms with Gasteiger partial charge in [0, 0.05) is 0 Å². The highest BCUT2D eigenvalue weighted by molar-refractivity contribution is 5.89. The fourth-order valence-corrected chi connectivity index (χ4v) is 3.06. The van der Waals surface area contributed by atoms with Crippen LogP contribution in [-0.4, -0.2) is 66.9 Å². The summed E-state index contributed by atoms with van der Waals surface area (Å²) in [4.78, 5) is 24.2. The molecule has 9 nitrogen and oxygen atoms in total. The van der Waals surface area contributed by atoms with Crippen molar-refractivity contribution in [2.75, 3.05) is 13.2 Å². The highest BCUT2D eigenvalue weighted by atomic mass is 16.8. The second kappa shape index (κ2) is 8.44. The molecule has 5 atom stereocenters. The third-order valence-corrected chi connectivity index (χ3v) is 4.36. The molecule has 1 aromatic carbocycles. The van der Waals surface area contributed by atoms with Crippen molar-refractivity contribution in [2.45, 2.75) is 57.3 Å². The minimum Gasteiger partial charge on any atom is -0.453 e. The molecule has 2 aliphatic heterocycles. The lowest BCUT2D eigenvalue weighted by Gasteiger charge is -2.48. The molecular weight excluding hydrogens is 372 g/mol. The van der Waals surface area contributed by atoms with E-state index in [2.05, 4.69) is 0 Å². The van der Waals surface area contributed by atoms with Gasteiger partial charge in [0.05, 0.1) is 18.8 Å². The molecule has 28 heavy (non-hydrogen) atoms. The van der Waals surface area contributed by atoms with E-state index < -0.39 is 48.6 Å². The SMILES string of the molecule is CCOC(=O)O[C@@H]1O[C@@H]2COC(C)(C)O[C@H]2[C@H](OC(=O)c2ccccc2)[C@H]1O. The summed E-state index contributed by atoms with van der Waals surface area (Å²) >= 11 is 0. The smallest absolute Gasteiger partial charge is 0.453 e. The van der Waals surface area contributed by atoms with E-state index in [0.717, 1.165) is 0 Å². The number of aliphatic hydroxyl groups excluding tert-OH is 1. The summed E-state index contributed by atoms with van der Waals surface area (Å²) in [5.41, 5.74) is 0.312. The Morgan fingerprint density at radius 3 is 2.61 bits per heavy atom.